The normalized spacial score (nSPS) is 11.6. The van der Waals surface area contributed by atoms with Gasteiger partial charge in [0.1, 0.15) is 0 Å². The van der Waals surface area contributed by atoms with E-state index in [1.165, 1.54) is 30.4 Å². The number of aromatic nitrogens is 5. The first kappa shape index (κ1) is 32.5. The van der Waals surface area contributed by atoms with Crippen LogP contribution in [0.4, 0.5) is 0 Å². The Bertz CT molecular complexity index is 3170. The van der Waals surface area contributed by atoms with Crippen LogP contribution < -0.4 is 0 Å². The van der Waals surface area contributed by atoms with Crippen LogP contribution in [0.25, 0.3) is 108 Å². The molecule has 0 spiro atoms. The third-order valence-corrected chi connectivity index (χ3v) is 12.5. The predicted octanol–water partition coefficient (Wildman–Crippen LogP) is 13.4. The SMILES string of the molecule is c1ccc(-c2nc(-c3ccccc3)nc(-c3ccc(-c4cccc5c4sc4cc(-c6nc(-c7ccccc7)c7sc8ccccc8c7n6)ccc45)cc3)n2)cc1. The summed E-state index contributed by atoms with van der Waals surface area (Å²) in [5.74, 6) is 2.68. The summed E-state index contributed by atoms with van der Waals surface area (Å²) in [6.07, 6.45) is 0. The molecule has 7 heteroatoms. The molecule has 0 saturated carbocycles. The highest BCUT2D eigenvalue weighted by Crippen LogP contribution is 2.43. The average Bonchev–Trinajstić information content (AvgIpc) is 3.85. The van der Waals surface area contributed by atoms with E-state index < -0.39 is 0 Å². The van der Waals surface area contributed by atoms with Crippen LogP contribution in [-0.4, -0.2) is 24.9 Å². The van der Waals surface area contributed by atoms with Crippen molar-refractivity contribution >= 4 is 63.1 Å². The Kier molecular flexibility index (Phi) is 7.79. The van der Waals surface area contributed by atoms with Crippen molar-refractivity contribution < 1.29 is 0 Å². The fraction of sp³-hybridized carbons (Fsp3) is 0. The fourth-order valence-electron chi connectivity index (χ4n) is 7.41. The number of hydrogen-bond acceptors (Lipinski definition) is 7. The average molecular weight is 752 g/mol. The summed E-state index contributed by atoms with van der Waals surface area (Å²) in [5.41, 5.74) is 9.24. The highest BCUT2D eigenvalue weighted by atomic mass is 32.1. The number of fused-ring (bicyclic) bond motifs is 6. The molecule has 262 valence electrons. The van der Waals surface area contributed by atoms with Gasteiger partial charge in [-0.05, 0) is 23.3 Å². The molecule has 0 aliphatic heterocycles. The molecule has 4 aromatic heterocycles. The summed E-state index contributed by atoms with van der Waals surface area (Å²) in [5, 5.41) is 3.63. The van der Waals surface area contributed by atoms with Crippen molar-refractivity contribution in [2.75, 3.05) is 0 Å². The van der Waals surface area contributed by atoms with Gasteiger partial charge in [0.25, 0.3) is 0 Å². The molecule has 7 aromatic carbocycles. The summed E-state index contributed by atoms with van der Waals surface area (Å²) in [7, 11) is 0. The minimum Gasteiger partial charge on any atom is -0.226 e. The summed E-state index contributed by atoms with van der Waals surface area (Å²) >= 11 is 3.57. The number of thiophene rings is 2. The van der Waals surface area contributed by atoms with Gasteiger partial charge in [-0.15, -0.1) is 22.7 Å². The fourth-order valence-corrected chi connectivity index (χ4v) is 9.84. The summed E-state index contributed by atoms with van der Waals surface area (Å²) < 4.78 is 4.78. The lowest BCUT2D eigenvalue weighted by Gasteiger charge is -2.09. The molecule has 0 unspecified atom stereocenters. The van der Waals surface area contributed by atoms with E-state index in [2.05, 4.69) is 109 Å². The van der Waals surface area contributed by atoms with Gasteiger partial charge >= 0.3 is 0 Å². The van der Waals surface area contributed by atoms with E-state index >= 15 is 0 Å². The van der Waals surface area contributed by atoms with Gasteiger partial charge in [-0.2, -0.15) is 0 Å². The van der Waals surface area contributed by atoms with Gasteiger partial charge in [-0.1, -0.05) is 164 Å². The van der Waals surface area contributed by atoms with E-state index in [1.807, 2.05) is 78.1 Å². The molecule has 0 fully saturated rings. The minimum atomic E-state index is 0.642. The third-order valence-electron chi connectivity index (χ3n) is 10.2. The smallest absolute Gasteiger partial charge is 0.164 e. The van der Waals surface area contributed by atoms with Crippen LogP contribution in [0.5, 0.6) is 0 Å². The Hall–Kier alpha value is -6.93. The Morgan fingerprint density at radius 1 is 0.304 bits per heavy atom. The van der Waals surface area contributed by atoms with Crippen LogP contribution in [0.2, 0.25) is 0 Å². The summed E-state index contributed by atoms with van der Waals surface area (Å²) in [6.45, 7) is 0. The van der Waals surface area contributed by atoms with Gasteiger partial charge in [-0.3, -0.25) is 0 Å². The monoisotopic (exact) mass is 751 g/mol. The van der Waals surface area contributed by atoms with E-state index in [-0.39, 0.29) is 0 Å². The third kappa shape index (κ3) is 5.64. The molecule has 11 rings (SSSR count). The molecular formula is C49H29N5S2. The minimum absolute atomic E-state index is 0.642. The highest BCUT2D eigenvalue weighted by Gasteiger charge is 2.18. The van der Waals surface area contributed by atoms with E-state index in [0.717, 1.165) is 60.5 Å². The molecule has 0 aliphatic carbocycles. The first-order valence-corrected chi connectivity index (χ1v) is 20.0. The van der Waals surface area contributed by atoms with Crippen molar-refractivity contribution in [3.05, 3.63) is 176 Å². The molecule has 0 bridgehead atoms. The second kappa shape index (κ2) is 13.4. The maximum atomic E-state index is 5.23. The second-order valence-corrected chi connectivity index (χ2v) is 15.8. The summed E-state index contributed by atoms with van der Waals surface area (Å²) in [4.78, 5) is 25.2. The molecule has 11 aromatic rings. The molecule has 56 heavy (non-hydrogen) atoms. The quantitative estimate of drug-likeness (QED) is 0.169. The van der Waals surface area contributed by atoms with Crippen LogP contribution in [-0.2, 0) is 0 Å². The lowest BCUT2D eigenvalue weighted by Crippen LogP contribution is -2.00. The first-order valence-electron chi connectivity index (χ1n) is 18.4. The number of rotatable bonds is 6. The van der Waals surface area contributed by atoms with E-state index in [0.29, 0.717) is 17.5 Å². The van der Waals surface area contributed by atoms with Crippen LogP contribution in [0.3, 0.4) is 0 Å². The Balaban J connectivity index is 0.992. The van der Waals surface area contributed by atoms with Crippen molar-refractivity contribution in [3.8, 4) is 67.9 Å². The molecular weight excluding hydrogens is 723 g/mol. The lowest BCUT2D eigenvalue weighted by molar-refractivity contribution is 1.07. The lowest BCUT2D eigenvalue weighted by atomic mass is 10.0. The zero-order valence-electron chi connectivity index (χ0n) is 29.8. The molecule has 0 atom stereocenters. The number of hydrogen-bond donors (Lipinski definition) is 0. The molecule has 0 amide bonds. The van der Waals surface area contributed by atoms with Gasteiger partial charge in [0.15, 0.2) is 23.3 Å². The maximum Gasteiger partial charge on any atom is 0.164 e. The first-order chi connectivity index (χ1) is 27.7. The van der Waals surface area contributed by atoms with Crippen molar-refractivity contribution in [3.63, 3.8) is 0 Å². The van der Waals surface area contributed by atoms with Gasteiger partial charge in [-0.25, -0.2) is 24.9 Å². The predicted molar refractivity (Wildman–Crippen MR) is 234 cm³/mol. The topological polar surface area (TPSA) is 64.5 Å². The van der Waals surface area contributed by atoms with Crippen LogP contribution in [0.1, 0.15) is 0 Å². The zero-order valence-corrected chi connectivity index (χ0v) is 31.4. The molecule has 0 radical (unpaired) electrons. The second-order valence-electron chi connectivity index (χ2n) is 13.6. The number of benzene rings is 7. The highest BCUT2D eigenvalue weighted by molar-refractivity contribution is 7.26. The van der Waals surface area contributed by atoms with Crippen molar-refractivity contribution in [1.82, 2.24) is 24.9 Å². The van der Waals surface area contributed by atoms with E-state index in [4.69, 9.17) is 24.9 Å². The Morgan fingerprint density at radius 3 is 1.50 bits per heavy atom. The largest absolute Gasteiger partial charge is 0.226 e. The molecule has 0 N–H and O–H groups in total. The maximum absolute atomic E-state index is 5.23. The summed E-state index contributed by atoms with van der Waals surface area (Å²) in [6, 6.07) is 60.9. The van der Waals surface area contributed by atoms with Crippen LogP contribution in [0.15, 0.2) is 176 Å². The Labute approximate surface area is 330 Å². The van der Waals surface area contributed by atoms with Gasteiger partial charge in [0, 0.05) is 58.1 Å². The Morgan fingerprint density at radius 2 is 0.821 bits per heavy atom. The van der Waals surface area contributed by atoms with Gasteiger partial charge in [0.05, 0.1) is 15.9 Å². The standard InChI is InChI=1S/C49H29N5S2/c1-4-13-31(14-5-1)42-45-43(39-19-10-11-22-40(39)55-45)51-49(50-42)35-27-28-37-38-21-12-20-36(44(38)56-41(37)29-35)30-23-25-34(26-24-30)48-53-46(32-15-6-2-7-16-32)52-47(54-48)33-17-8-3-9-18-33/h1-29H. The van der Waals surface area contributed by atoms with E-state index in [1.54, 1.807) is 11.3 Å². The van der Waals surface area contributed by atoms with Gasteiger partial charge < -0.3 is 0 Å². The molecule has 4 heterocycles. The molecule has 5 nitrogen and oxygen atoms in total. The molecule has 0 aliphatic rings. The van der Waals surface area contributed by atoms with Crippen LogP contribution >= 0.6 is 22.7 Å². The van der Waals surface area contributed by atoms with Crippen molar-refractivity contribution in [2.24, 2.45) is 0 Å². The zero-order chi connectivity index (χ0) is 37.0. The van der Waals surface area contributed by atoms with Crippen molar-refractivity contribution in [1.29, 1.82) is 0 Å². The van der Waals surface area contributed by atoms with Gasteiger partial charge in [0.2, 0.25) is 0 Å². The molecule has 0 saturated heterocycles. The van der Waals surface area contributed by atoms with Crippen molar-refractivity contribution in [2.45, 2.75) is 0 Å². The van der Waals surface area contributed by atoms with Crippen LogP contribution in [0, 0.1) is 0 Å². The van der Waals surface area contributed by atoms with E-state index in [9.17, 15) is 0 Å². The number of nitrogens with zero attached hydrogens (tertiary/aromatic N) is 5.